The molecule has 2 nitrogen and oxygen atoms in total. The normalized spacial score (nSPS) is 30.9. The van der Waals surface area contributed by atoms with Crippen LogP contribution in [-0.4, -0.2) is 22.0 Å². The van der Waals surface area contributed by atoms with Crippen molar-refractivity contribution in [2.24, 2.45) is 0 Å². The molecular formula is C16H20N2. The Morgan fingerprint density at radius 3 is 2.44 bits per heavy atom. The third-order valence-electron chi connectivity index (χ3n) is 4.81. The first-order valence-electron chi connectivity index (χ1n) is 7.25. The van der Waals surface area contributed by atoms with Gasteiger partial charge in [-0.2, -0.15) is 0 Å². The summed E-state index contributed by atoms with van der Waals surface area (Å²) in [7, 11) is 0. The van der Waals surface area contributed by atoms with Crippen LogP contribution in [0.2, 0.25) is 0 Å². The summed E-state index contributed by atoms with van der Waals surface area (Å²) < 4.78 is 0. The lowest BCUT2D eigenvalue weighted by molar-refractivity contribution is 0.155. The van der Waals surface area contributed by atoms with E-state index >= 15 is 0 Å². The van der Waals surface area contributed by atoms with Gasteiger partial charge in [0.25, 0.3) is 0 Å². The van der Waals surface area contributed by atoms with Gasteiger partial charge in [0.1, 0.15) is 0 Å². The van der Waals surface area contributed by atoms with Gasteiger partial charge in [0.2, 0.25) is 0 Å². The van der Waals surface area contributed by atoms with E-state index in [-0.39, 0.29) is 0 Å². The standard InChI is InChI=1S/C16H20N2/c1-2-8-17-14(3-1)11-18-15-6-7-16(18)10-13(9-15)12-4-5-12/h1-3,8,15-16H,4-7,9-11H2. The minimum Gasteiger partial charge on any atom is -0.291 e. The Hall–Kier alpha value is -1.15. The lowest BCUT2D eigenvalue weighted by Gasteiger charge is -2.36. The Bertz CT molecular complexity index is 455. The highest BCUT2D eigenvalue weighted by atomic mass is 15.2. The first kappa shape index (κ1) is 10.7. The zero-order chi connectivity index (χ0) is 11.9. The molecule has 1 aromatic heterocycles. The van der Waals surface area contributed by atoms with Gasteiger partial charge in [0.05, 0.1) is 5.69 Å². The minimum absolute atomic E-state index is 0.800. The van der Waals surface area contributed by atoms with Gasteiger partial charge in [-0.15, -0.1) is 0 Å². The number of fused-ring (bicyclic) bond motifs is 2. The molecular weight excluding hydrogens is 220 g/mol. The van der Waals surface area contributed by atoms with E-state index in [1.54, 1.807) is 5.57 Å². The minimum atomic E-state index is 0.800. The number of allylic oxidation sites excluding steroid dienone is 1. The van der Waals surface area contributed by atoms with Gasteiger partial charge in [0, 0.05) is 24.8 Å². The van der Waals surface area contributed by atoms with Gasteiger partial charge in [-0.1, -0.05) is 17.2 Å². The maximum atomic E-state index is 4.48. The molecule has 3 aliphatic rings. The van der Waals surface area contributed by atoms with E-state index in [4.69, 9.17) is 0 Å². The second kappa shape index (κ2) is 4.20. The highest BCUT2D eigenvalue weighted by Gasteiger charge is 2.40. The van der Waals surface area contributed by atoms with Crippen molar-refractivity contribution < 1.29 is 0 Å². The summed E-state index contributed by atoms with van der Waals surface area (Å²) >= 11 is 0. The van der Waals surface area contributed by atoms with Gasteiger partial charge >= 0.3 is 0 Å². The summed E-state index contributed by atoms with van der Waals surface area (Å²) in [6.45, 7) is 1.05. The summed E-state index contributed by atoms with van der Waals surface area (Å²) in [4.78, 5) is 7.20. The van der Waals surface area contributed by atoms with E-state index in [1.165, 1.54) is 44.2 Å². The summed E-state index contributed by atoms with van der Waals surface area (Å²) in [5.41, 5.74) is 4.85. The van der Waals surface area contributed by atoms with Gasteiger partial charge < -0.3 is 0 Å². The molecule has 3 heterocycles. The van der Waals surface area contributed by atoms with Crippen molar-refractivity contribution >= 4 is 0 Å². The molecule has 1 saturated carbocycles. The van der Waals surface area contributed by atoms with Gasteiger partial charge in [-0.05, 0) is 50.7 Å². The van der Waals surface area contributed by atoms with Crippen LogP contribution in [0.15, 0.2) is 35.5 Å². The molecule has 0 radical (unpaired) electrons. The van der Waals surface area contributed by atoms with Crippen LogP contribution in [0.1, 0.15) is 44.2 Å². The van der Waals surface area contributed by atoms with Crippen LogP contribution in [0.5, 0.6) is 0 Å². The Labute approximate surface area is 109 Å². The van der Waals surface area contributed by atoms with Gasteiger partial charge in [0.15, 0.2) is 0 Å². The number of aromatic nitrogens is 1. The van der Waals surface area contributed by atoms with Crippen LogP contribution in [0.4, 0.5) is 0 Å². The third-order valence-corrected chi connectivity index (χ3v) is 4.81. The van der Waals surface area contributed by atoms with E-state index in [1.807, 2.05) is 17.8 Å². The van der Waals surface area contributed by atoms with E-state index in [9.17, 15) is 0 Å². The first-order valence-corrected chi connectivity index (χ1v) is 7.25. The molecule has 2 saturated heterocycles. The summed E-state index contributed by atoms with van der Waals surface area (Å²) in [6, 6.07) is 7.87. The average Bonchev–Trinajstić information content (AvgIpc) is 3.21. The van der Waals surface area contributed by atoms with E-state index in [0.717, 1.165) is 18.6 Å². The quantitative estimate of drug-likeness (QED) is 0.737. The fourth-order valence-corrected chi connectivity index (χ4v) is 3.75. The van der Waals surface area contributed by atoms with Crippen molar-refractivity contribution in [1.29, 1.82) is 0 Å². The van der Waals surface area contributed by atoms with Crippen molar-refractivity contribution in [3.05, 3.63) is 41.2 Å². The molecule has 94 valence electrons. The summed E-state index contributed by atoms with van der Waals surface area (Å²) in [5.74, 6) is 0. The molecule has 2 aliphatic heterocycles. The predicted molar refractivity (Wildman–Crippen MR) is 72.1 cm³/mol. The molecule has 2 heteroatoms. The Kier molecular flexibility index (Phi) is 2.51. The van der Waals surface area contributed by atoms with Crippen LogP contribution in [0, 0.1) is 0 Å². The van der Waals surface area contributed by atoms with Gasteiger partial charge in [-0.3, -0.25) is 9.88 Å². The topological polar surface area (TPSA) is 16.1 Å². The molecule has 2 unspecified atom stereocenters. The molecule has 0 amide bonds. The second-order valence-corrected chi connectivity index (χ2v) is 5.99. The molecule has 0 aromatic carbocycles. The molecule has 2 atom stereocenters. The molecule has 3 fully saturated rings. The number of rotatable bonds is 2. The lowest BCUT2D eigenvalue weighted by atomic mass is 9.95. The zero-order valence-corrected chi connectivity index (χ0v) is 10.8. The van der Waals surface area contributed by atoms with Crippen molar-refractivity contribution in [2.75, 3.05) is 0 Å². The van der Waals surface area contributed by atoms with Crippen LogP contribution < -0.4 is 0 Å². The fourth-order valence-electron chi connectivity index (χ4n) is 3.75. The van der Waals surface area contributed by atoms with Crippen molar-refractivity contribution in [3.63, 3.8) is 0 Å². The monoisotopic (exact) mass is 240 g/mol. The maximum Gasteiger partial charge on any atom is 0.0544 e. The number of hydrogen-bond donors (Lipinski definition) is 0. The SMILES string of the molecule is c1ccc(CN2C3CCC2CC(=C2CC2)C3)nc1. The maximum absolute atomic E-state index is 4.48. The summed E-state index contributed by atoms with van der Waals surface area (Å²) in [5, 5.41) is 0. The lowest BCUT2D eigenvalue weighted by Crippen LogP contribution is -2.40. The van der Waals surface area contributed by atoms with Crippen LogP contribution in [0.3, 0.4) is 0 Å². The molecule has 4 rings (SSSR count). The number of pyridine rings is 1. The predicted octanol–water partition coefficient (Wildman–Crippen LogP) is 3.30. The van der Waals surface area contributed by atoms with E-state index < -0.39 is 0 Å². The van der Waals surface area contributed by atoms with Crippen molar-refractivity contribution in [1.82, 2.24) is 9.88 Å². The average molecular weight is 240 g/mol. The summed E-state index contributed by atoms with van der Waals surface area (Å²) in [6.07, 6.45) is 10.2. The van der Waals surface area contributed by atoms with E-state index in [0.29, 0.717) is 0 Å². The molecule has 1 aromatic rings. The zero-order valence-electron chi connectivity index (χ0n) is 10.8. The Morgan fingerprint density at radius 1 is 1.06 bits per heavy atom. The van der Waals surface area contributed by atoms with Crippen molar-refractivity contribution in [3.8, 4) is 0 Å². The van der Waals surface area contributed by atoms with Crippen LogP contribution >= 0.6 is 0 Å². The third kappa shape index (κ3) is 1.89. The Balaban J connectivity index is 1.52. The smallest absolute Gasteiger partial charge is 0.0544 e. The fraction of sp³-hybridized carbons (Fsp3) is 0.562. The van der Waals surface area contributed by atoms with Crippen molar-refractivity contribution in [2.45, 2.75) is 57.2 Å². The molecule has 2 bridgehead atoms. The molecule has 1 aliphatic carbocycles. The number of piperidine rings is 1. The van der Waals surface area contributed by atoms with Gasteiger partial charge in [-0.25, -0.2) is 0 Å². The largest absolute Gasteiger partial charge is 0.291 e. The number of nitrogens with zero attached hydrogens (tertiary/aromatic N) is 2. The molecule has 0 spiro atoms. The highest BCUT2D eigenvalue weighted by Crippen LogP contribution is 2.44. The molecule has 0 N–H and O–H groups in total. The second-order valence-electron chi connectivity index (χ2n) is 5.99. The Morgan fingerprint density at radius 2 is 1.83 bits per heavy atom. The molecule has 18 heavy (non-hydrogen) atoms. The first-order chi connectivity index (χ1) is 8.90. The van der Waals surface area contributed by atoms with Crippen LogP contribution in [0.25, 0.3) is 0 Å². The number of hydrogen-bond acceptors (Lipinski definition) is 2. The highest BCUT2D eigenvalue weighted by molar-refractivity contribution is 5.29. The van der Waals surface area contributed by atoms with Crippen LogP contribution in [-0.2, 0) is 6.54 Å². The van der Waals surface area contributed by atoms with E-state index in [2.05, 4.69) is 22.0 Å².